The minimum absolute atomic E-state index is 0.0955. The Morgan fingerprint density at radius 3 is 2.22 bits per heavy atom. The molecule has 0 spiro atoms. The van der Waals surface area contributed by atoms with Gasteiger partial charge in [0, 0.05) is 5.54 Å². The van der Waals surface area contributed by atoms with Gasteiger partial charge >= 0.3 is 0 Å². The number of unbranched alkanes of at least 4 members (excludes halogenated alkanes) is 1. The van der Waals surface area contributed by atoms with Crippen molar-refractivity contribution in [3.05, 3.63) is 30.3 Å². The Kier molecular flexibility index (Phi) is 5.35. The fourth-order valence-electron chi connectivity index (χ4n) is 1.63. The summed E-state index contributed by atoms with van der Waals surface area (Å²) < 4.78 is 23.9. The predicted molar refractivity (Wildman–Crippen MR) is 75.5 cm³/mol. The third-order valence-electron chi connectivity index (χ3n) is 2.60. The zero-order valence-electron chi connectivity index (χ0n) is 11.4. The van der Waals surface area contributed by atoms with Crippen molar-refractivity contribution in [1.29, 1.82) is 0 Å². The summed E-state index contributed by atoms with van der Waals surface area (Å²) in [5.41, 5.74) is 0.0955. The molecule has 1 aromatic rings. The van der Waals surface area contributed by atoms with Crippen LogP contribution in [0.2, 0.25) is 0 Å². The van der Waals surface area contributed by atoms with E-state index in [1.807, 2.05) is 6.07 Å². The zero-order valence-corrected chi connectivity index (χ0v) is 12.3. The predicted octanol–water partition coefficient (Wildman–Crippen LogP) is 2.63. The number of sulfone groups is 1. The van der Waals surface area contributed by atoms with E-state index in [0.29, 0.717) is 11.3 Å². The zero-order chi connectivity index (χ0) is 13.6. The first-order chi connectivity index (χ1) is 8.31. The lowest BCUT2D eigenvalue weighted by molar-refractivity contribution is 0.421. The van der Waals surface area contributed by atoms with E-state index in [4.69, 9.17) is 0 Å². The number of rotatable bonds is 6. The molecule has 0 bridgehead atoms. The molecule has 102 valence electrons. The van der Waals surface area contributed by atoms with Crippen LogP contribution in [0.4, 0.5) is 0 Å². The van der Waals surface area contributed by atoms with Crippen molar-refractivity contribution in [2.45, 2.75) is 44.0 Å². The molecule has 0 aromatic heterocycles. The average Bonchev–Trinajstić information content (AvgIpc) is 2.28. The van der Waals surface area contributed by atoms with Crippen LogP contribution in [-0.4, -0.2) is 26.3 Å². The molecule has 4 heteroatoms. The first-order valence-electron chi connectivity index (χ1n) is 6.34. The van der Waals surface area contributed by atoms with Gasteiger partial charge in [0.2, 0.25) is 0 Å². The molecule has 0 saturated carbocycles. The molecule has 18 heavy (non-hydrogen) atoms. The second-order valence-corrected chi connectivity index (χ2v) is 7.62. The van der Waals surface area contributed by atoms with Gasteiger partial charge < -0.3 is 5.32 Å². The number of hydrogen-bond acceptors (Lipinski definition) is 3. The van der Waals surface area contributed by atoms with Crippen molar-refractivity contribution >= 4 is 9.84 Å². The van der Waals surface area contributed by atoms with Crippen LogP contribution >= 0.6 is 0 Å². The van der Waals surface area contributed by atoms with E-state index in [0.717, 1.165) is 13.0 Å². The van der Waals surface area contributed by atoms with Crippen molar-refractivity contribution in [3.8, 4) is 0 Å². The molecule has 0 radical (unpaired) electrons. The van der Waals surface area contributed by atoms with Crippen molar-refractivity contribution in [2.75, 3.05) is 12.3 Å². The Labute approximate surface area is 111 Å². The topological polar surface area (TPSA) is 46.2 Å². The van der Waals surface area contributed by atoms with Gasteiger partial charge in [0.1, 0.15) is 0 Å². The Hall–Kier alpha value is -0.870. The maximum atomic E-state index is 12.0. The van der Waals surface area contributed by atoms with Gasteiger partial charge in [0.25, 0.3) is 0 Å². The van der Waals surface area contributed by atoms with Crippen molar-refractivity contribution in [1.82, 2.24) is 5.32 Å². The van der Waals surface area contributed by atoms with Gasteiger partial charge in [-0.15, -0.1) is 0 Å². The number of nitrogens with one attached hydrogen (secondary N) is 1. The monoisotopic (exact) mass is 269 g/mol. The van der Waals surface area contributed by atoms with Crippen LogP contribution < -0.4 is 5.32 Å². The summed E-state index contributed by atoms with van der Waals surface area (Å²) in [5, 5.41) is 3.35. The summed E-state index contributed by atoms with van der Waals surface area (Å²) in [7, 11) is -3.10. The van der Waals surface area contributed by atoms with Crippen LogP contribution in [0.3, 0.4) is 0 Å². The van der Waals surface area contributed by atoms with Crippen molar-refractivity contribution in [2.24, 2.45) is 0 Å². The molecular formula is C14H23NO2S. The lowest BCUT2D eigenvalue weighted by atomic mass is 10.1. The molecule has 0 aliphatic carbocycles. The molecule has 0 heterocycles. The van der Waals surface area contributed by atoms with E-state index in [9.17, 15) is 8.42 Å². The standard InChI is InChI=1S/C14H23NO2S/c1-14(2,3)15-11-7-8-12-18(16,17)13-9-5-4-6-10-13/h4-6,9-10,15H,7-8,11-12H2,1-3H3. The molecule has 0 amide bonds. The van der Waals surface area contributed by atoms with Crippen LogP contribution in [0.5, 0.6) is 0 Å². The fraction of sp³-hybridized carbons (Fsp3) is 0.571. The van der Waals surface area contributed by atoms with Crippen LogP contribution in [0.15, 0.2) is 35.2 Å². The smallest absolute Gasteiger partial charge is 0.178 e. The van der Waals surface area contributed by atoms with Gasteiger partial charge in [-0.1, -0.05) is 18.2 Å². The molecule has 1 N–H and O–H groups in total. The van der Waals surface area contributed by atoms with Crippen LogP contribution in [0.25, 0.3) is 0 Å². The second kappa shape index (κ2) is 6.34. The highest BCUT2D eigenvalue weighted by molar-refractivity contribution is 7.91. The molecule has 1 rings (SSSR count). The first kappa shape index (κ1) is 15.2. The van der Waals surface area contributed by atoms with E-state index in [2.05, 4.69) is 26.1 Å². The largest absolute Gasteiger partial charge is 0.312 e. The van der Waals surface area contributed by atoms with Crippen molar-refractivity contribution < 1.29 is 8.42 Å². The van der Waals surface area contributed by atoms with E-state index in [1.54, 1.807) is 24.3 Å². The van der Waals surface area contributed by atoms with Gasteiger partial charge in [-0.25, -0.2) is 8.42 Å². The Morgan fingerprint density at radius 1 is 1.06 bits per heavy atom. The minimum atomic E-state index is -3.10. The lowest BCUT2D eigenvalue weighted by Crippen LogP contribution is -2.36. The molecule has 3 nitrogen and oxygen atoms in total. The van der Waals surface area contributed by atoms with E-state index in [1.165, 1.54) is 0 Å². The quantitative estimate of drug-likeness (QED) is 0.808. The lowest BCUT2D eigenvalue weighted by Gasteiger charge is -2.20. The van der Waals surface area contributed by atoms with Gasteiger partial charge in [0.15, 0.2) is 9.84 Å². The summed E-state index contributed by atoms with van der Waals surface area (Å²) in [6.07, 6.45) is 1.57. The third kappa shape index (κ3) is 5.65. The highest BCUT2D eigenvalue weighted by Gasteiger charge is 2.13. The maximum Gasteiger partial charge on any atom is 0.178 e. The summed E-state index contributed by atoms with van der Waals surface area (Å²) in [6, 6.07) is 8.65. The Morgan fingerprint density at radius 2 is 1.67 bits per heavy atom. The molecule has 0 fully saturated rings. The van der Waals surface area contributed by atoms with Gasteiger partial charge in [-0.3, -0.25) is 0 Å². The molecule has 0 unspecified atom stereocenters. The van der Waals surface area contributed by atoms with Gasteiger partial charge in [-0.05, 0) is 52.3 Å². The summed E-state index contributed by atoms with van der Waals surface area (Å²) in [4.78, 5) is 0.425. The first-order valence-corrected chi connectivity index (χ1v) is 7.99. The molecule has 0 aliphatic rings. The minimum Gasteiger partial charge on any atom is -0.312 e. The van der Waals surface area contributed by atoms with E-state index in [-0.39, 0.29) is 11.3 Å². The summed E-state index contributed by atoms with van der Waals surface area (Å²) >= 11 is 0. The van der Waals surface area contributed by atoms with E-state index >= 15 is 0 Å². The van der Waals surface area contributed by atoms with Crippen molar-refractivity contribution in [3.63, 3.8) is 0 Å². The molecular weight excluding hydrogens is 246 g/mol. The Bertz CT molecular complexity index is 446. The van der Waals surface area contributed by atoms with E-state index < -0.39 is 9.84 Å². The molecule has 0 saturated heterocycles. The van der Waals surface area contributed by atoms with Gasteiger partial charge in [-0.2, -0.15) is 0 Å². The summed E-state index contributed by atoms with van der Waals surface area (Å²) in [6.45, 7) is 7.17. The van der Waals surface area contributed by atoms with Crippen LogP contribution in [-0.2, 0) is 9.84 Å². The maximum absolute atomic E-state index is 12.0. The normalized spacial score (nSPS) is 12.6. The third-order valence-corrected chi connectivity index (χ3v) is 4.41. The average molecular weight is 269 g/mol. The Balaban J connectivity index is 2.36. The van der Waals surface area contributed by atoms with Crippen LogP contribution in [0, 0.1) is 0 Å². The second-order valence-electron chi connectivity index (χ2n) is 5.52. The SMILES string of the molecule is CC(C)(C)NCCCCS(=O)(=O)c1ccccc1. The number of hydrogen-bond donors (Lipinski definition) is 1. The molecule has 0 atom stereocenters. The molecule has 1 aromatic carbocycles. The highest BCUT2D eigenvalue weighted by Crippen LogP contribution is 2.11. The molecule has 0 aliphatic heterocycles. The van der Waals surface area contributed by atoms with Gasteiger partial charge in [0.05, 0.1) is 10.6 Å². The van der Waals surface area contributed by atoms with Crippen LogP contribution in [0.1, 0.15) is 33.6 Å². The summed E-state index contributed by atoms with van der Waals surface area (Å²) in [5.74, 6) is 0.225. The number of benzene rings is 1. The fourth-order valence-corrected chi connectivity index (χ4v) is 3.02. The highest BCUT2D eigenvalue weighted by atomic mass is 32.2.